The van der Waals surface area contributed by atoms with E-state index in [-0.39, 0.29) is 49.0 Å². The highest BCUT2D eigenvalue weighted by atomic mass is 32.2. The Labute approximate surface area is 355 Å². The molecule has 0 radical (unpaired) electrons. The van der Waals surface area contributed by atoms with Crippen LogP contribution in [-0.4, -0.2) is 143 Å². The Morgan fingerprint density at radius 1 is 0.550 bits per heavy atom. The summed E-state index contributed by atoms with van der Waals surface area (Å²) in [5.41, 5.74) is 1.53. The quantitative estimate of drug-likeness (QED) is 0.0242. The van der Waals surface area contributed by atoms with Crippen LogP contribution in [0.4, 0.5) is 0 Å². The molecular formula is C44H48N2O12S2. The van der Waals surface area contributed by atoms with E-state index in [9.17, 15) is 28.8 Å². The van der Waals surface area contributed by atoms with Gasteiger partial charge in [0.2, 0.25) is 0 Å². The molecule has 0 aliphatic carbocycles. The molecule has 6 rings (SSSR count). The fourth-order valence-corrected chi connectivity index (χ4v) is 8.18. The van der Waals surface area contributed by atoms with Gasteiger partial charge in [-0.15, -0.1) is 0 Å². The highest BCUT2D eigenvalue weighted by Gasteiger charge is 2.34. The fraction of sp³-hybridized carbons (Fsp3) is 0.409. The molecule has 14 nitrogen and oxygen atoms in total. The number of nitrogens with one attached hydrogen (secondary N) is 1. The third-order valence-corrected chi connectivity index (χ3v) is 11.4. The Hall–Kier alpha value is -4.52. The summed E-state index contributed by atoms with van der Waals surface area (Å²) in [5.74, 6) is 0.0451. The van der Waals surface area contributed by atoms with Gasteiger partial charge in [0.1, 0.15) is 0 Å². The first-order chi connectivity index (χ1) is 29.2. The topological polar surface area (TPSA) is 173 Å². The zero-order chi connectivity index (χ0) is 42.4. The lowest BCUT2D eigenvalue weighted by atomic mass is 9.83. The third kappa shape index (κ3) is 10.9. The van der Waals surface area contributed by atoms with E-state index in [1.165, 1.54) is 42.3 Å². The number of amides is 3. The van der Waals surface area contributed by atoms with Crippen LogP contribution >= 0.6 is 23.5 Å². The Balaban J connectivity index is 1.07. The molecule has 60 heavy (non-hydrogen) atoms. The molecule has 318 valence electrons. The summed E-state index contributed by atoms with van der Waals surface area (Å²) < 4.78 is 33.2. The number of carbonyl (C=O) groups excluding carboxylic acids is 6. The van der Waals surface area contributed by atoms with E-state index < -0.39 is 11.8 Å². The van der Waals surface area contributed by atoms with Crippen molar-refractivity contribution in [1.29, 1.82) is 0 Å². The normalized spacial score (nSPS) is 12.7. The lowest BCUT2D eigenvalue weighted by Crippen LogP contribution is -2.42. The number of thioether (sulfide) groups is 2. The van der Waals surface area contributed by atoms with Gasteiger partial charge in [0, 0.05) is 64.9 Å². The van der Waals surface area contributed by atoms with Crippen LogP contribution in [0.5, 0.6) is 0 Å². The Morgan fingerprint density at radius 3 is 1.48 bits per heavy atom. The second kappa shape index (κ2) is 22.4. The zero-order valence-corrected chi connectivity index (χ0v) is 35.3. The molecule has 0 unspecified atom stereocenters. The number of aldehydes is 1. The van der Waals surface area contributed by atoms with Crippen LogP contribution in [0.2, 0.25) is 0 Å². The van der Waals surface area contributed by atoms with Crippen molar-refractivity contribution in [2.75, 3.05) is 104 Å². The van der Waals surface area contributed by atoms with Crippen molar-refractivity contribution < 1.29 is 57.2 Å². The summed E-state index contributed by atoms with van der Waals surface area (Å²) in [6.07, 6.45) is 0.744. The zero-order valence-electron chi connectivity index (χ0n) is 33.7. The molecule has 0 fully saturated rings. The standard InChI is InChI=1S/C44H48N2O12S2/c1-28(48)59-25-23-57-21-19-55-17-15-53-13-11-45-42(50)35-8-5-32-34-7-10-37-41-36(9-6-33(40(34)41)31-4-3-30(27-47)38(35)39(31)32)43(51)46(44(37)52)12-14-54-16-18-56-20-22-58-24-26-60-29(2)49/h3-10,27H,11-26H2,1-2H3,(H,45,50). The molecule has 0 bridgehead atoms. The van der Waals surface area contributed by atoms with E-state index in [1.54, 1.807) is 24.3 Å². The number of carbonyl (C=O) groups is 6. The van der Waals surface area contributed by atoms with Gasteiger partial charge in [0.05, 0.1) is 85.8 Å². The van der Waals surface area contributed by atoms with Crippen molar-refractivity contribution in [3.8, 4) is 0 Å². The van der Waals surface area contributed by atoms with Crippen molar-refractivity contribution in [3.05, 3.63) is 70.8 Å². The summed E-state index contributed by atoms with van der Waals surface area (Å²) in [4.78, 5) is 76.8. The van der Waals surface area contributed by atoms with Crippen molar-refractivity contribution in [3.63, 3.8) is 0 Å². The lowest BCUT2D eigenvalue weighted by Gasteiger charge is -2.28. The maximum Gasteiger partial charge on any atom is 0.261 e. The number of rotatable bonds is 26. The maximum absolute atomic E-state index is 13.9. The first-order valence-corrected chi connectivity index (χ1v) is 21.7. The van der Waals surface area contributed by atoms with Crippen LogP contribution < -0.4 is 5.32 Å². The van der Waals surface area contributed by atoms with Gasteiger partial charge >= 0.3 is 0 Å². The monoisotopic (exact) mass is 860 g/mol. The van der Waals surface area contributed by atoms with Crippen molar-refractivity contribution in [2.24, 2.45) is 0 Å². The van der Waals surface area contributed by atoms with Gasteiger partial charge in [-0.3, -0.25) is 33.7 Å². The average Bonchev–Trinajstić information content (AvgIpc) is 3.24. The minimum Gasteiger partial charge on any atom is -0.378 e. The van der Waals surface area contributed by atoms with Gasteiger partial charge in [0.25, 0.3) is 17.7 Å². The molecule has 1 heterocycles. The number of hydrogen-bond acceptors (Lipinski definition) is 14. The van der Waals surface area contributed by atoms with Crippen molar-refractivity contribution >= 4 is 101 Å². The lowest BCUT2D eigenvalue weighted by molar-refractivity contribution is -0.109. The summed E-state index contributed by atoms with van der Waals surface area (Å²) in [5, 5.41) is 8.79. The highest BCUT2D eigenvalue weighted by Crippen LogP contribution is 2.45. The van der Waals surface area contributed by atoms with Crippen molar-refractivity contribution in [1.82, 2.24) is 10.2 Å². The molecule has 3 amide bonds. The van der Waals surface area contributed by atoms with E-state index >= 15 is 0 Å². The number of benzene rings is 5. The van der Waals surface area contributed by atoms with E-state index in [0.29, 0.717) is 104 Å². The first-order valence-electron chi connectivity index (χ1n) is 19.8. The van der Waals surface area contributed by atoms with Crippen LogP contribution in [0.15, 0.2) is 48.5 Å². The molecule has 0 aromatic heterocycles. The van der Waals surface area contributed by atoms with Crippen LogP contribution in [0.1, 0.15) is 55.3 Å². The van der Waals surface area contributed by atoms with Gasteiger partial charge in [-0.2, -0.15) is 0 Å². The van der Waals surface area contributed by atoms with E-state index in [4.69, 9.17) is 28.4 Å². The number of nitrogens with zero attached hydrogens (tertiary/aromatic N) is 1. The predicted octanol–water partition coefficient (Wildman–Crippen LogP) is 5.53. The SMILES string of the molecule is CC(=O)SCCOCCOCCOCCNC(=O)c1ccc2c3ccc4c5c(ccc(c6ccc(C=O)c1c62)c53)C(=O)N(CCOCCOCCOCCSC(C)=O)C4=O. The Bertz CT molecular complexity index is 2220. The van der Waals surface area contributed by atoms with Gasteiger partial charge in [-0.1, -0.05) is 53.9 Å². The van der Waals surface area contributed by atoms with Crippen LogP contribution in [0.25, 0.3) is 43.1 Å². The molecule has 5 aromatic carbocycles. The smallest absolute Gasteiger partial charge is 0.261 e. The molecule has 0 saturated carbocycles. The Kier molecular flexibility index (Phi) is 16.8. The third-order valence-electron chi connectivity index (χ3n) is 9.80. The number of fused-ring (bicyclic) bond motifs is 2. The molecule has 16 heteroatoms. The molecule has 5 aromatic rings. The number of imide groups is 1. The van der Waals surface area contributed by atoms with E-state index in [0.717, 1.165) is 38.6 Å². The average molecular weight is 861 g/mol. The summed E-state index contributed by atoms with van der Waals surface area (Å²) in [6, 6.07) is 14.3. The fourth-order valence-electron chi connectivity index (χ4n) is 7.21. The molecule has 0 saturated heterocycles. The predicted molar refractivity (Wildman–Crippen MR) is 232 cm³/mol. The summed E-state index contributed by atoms with van der Waals surface area (Å²) in [7, 11) is 0. The number of ether oxygens (including phenoxy) is 6. The van der Waals surface area contributed by atoms with E-state index in [1.807, 2.05) is 24.3 Å². The molecule has 1 N–H and O–H groups in total. The van der Waals surface area contributed by atoms with E-state index in [2.05, 4.69) is 5.32 Å². The van der Waals surface area contributed by atoms with Crippen LogP contribution in [0, 0.1) is 0 Å². The molecule has 1 aliphatic heterocycles. The molecule has 1 aliphatic rings. The van der Waals surface area contributed by atoms with Crippen molar-refractivity contribution in [2.45, 2.75) is 13.8 Å². The summed E-state index contributed by atoms with van der Waals surface area (Å²) >= 11 is 2.44. The van der Waals surface area contributed by atoms with Crippen LogP contribution in [-0.2, 0) is 38.0 Å². The largest absolute Gasteiger partial charge is 0.378 e. The van der Waals surface area contributed by atoms with Crippen LogP contribution in [0.3, 0.4) is 0 Å². The minimum absolute atomic E-state index is 0.0562. The number of hydrogen-bond donors (Lipinski definition) is 1. The van der Waals surface area contributed by atoms with Gasteiger partial charge in [-0.25, -0.2) is 0 Å². The Morgan fingerprint density at radius 2 is 0.983 bits per heavy atom. The highest BCUT2D eigenvalue weighted by molar-refractivity contribution is 8.13. The van der Waals surface area contributed by atoms with Gasteiger partial charge < -0.3 is 33.7 Å². The van der Waals surface area contributed by atoms with Gasteiger partial charge in [0.15, 0.2) is 16.5 Å². The second-order valence-electron chi connectivity index (χ2n) is 13.7. The molecular weight excluding hydrogens is 813 g/mol. The van der Waals surface area contributed by atoms with Gasteiger partial charge in [-0.05, 0) is 50.5 Å². The first kappa shape index (κ1) is 45.0. The minimum atomic E-state index is -0.408. The maximum atomic E-state index is 13.9. The second-order valence-corrected chi connectivity index (χ2v) is 16.2. The molecule has 0 spiro atoms. The summed E-state index contributed by atoms with van der Waals surface area (Å²) in [6.45, 7) is 7.62. The molecule has 0 atom stereocenters.